The van der Waals surface area contributed by atoms with Gasteiger partial charge in [-0.15, -0.1) is 11.8 Å². The average Bonchev–Trinajstić information content (AvgIpc) is 3.05. The van der Waals surface area contributed by atoms with E-state index in [2.05, 4.69) is 5.32 Å². The van der Waals surface area contributed by atoms with Crippen molar-refractivity contribution in [2.24, 2.45) is 0 Å². The molecule has 0 spiro atoms. The van der Waals surface area contributed by atoms with E-state index in [1.807, 2.05) is 49.4 Å². The number of nitrogens with zero attached hydrogens (tertiary/aromatic N) is 1. The third kappa shape index (κ3) is 6.05. The number of fused-ring (bicyclic) bond motifs is 1. The second kappa shape index (κ2) is 12.7. The Morgan fingerprint density at radius 1 is 0.870 bits per heavy atom. The molecule has 2 saturated heterocycles. The first-order valence-electron chi connectivity index (χ1n) is 14.7. The van der Waals surface area contributed by atoms with Crippen LogP contribution >= 0.6 is 11.8 Å². The Kier molecular flexibility index (Phi) is 8.73. The third-order valence-electron chi connectivity index (χ3n) is 8.08. The molecule has 9 nitrogen and oxygen atoms in total. The molecule has 0 bridgehead atoms. The fourth-order valence-electron chi connectivity index (χ4n) is 5.75. The largest absolute Gasteiger partial charge is 0.450 e. The van der Waals surface area contributed by atoms with E-state index in [-0.39, 0.29) is 10.8 Å². The number of benzene rings is 4. The smallest absolute Gasteiger partial charge is 0.345 e. The molecule has 0 aromatic heterocycles. The van der Waals surface area contributed by atoms with Crippen LogP contribution in [0.5, 0.6) is 0 Å². The van der Waals surface area contributed by atoms with Gasteiger partial charge < -0.3 is 15.0 Å². The zero-order valence-corrected chi connectivity index (χ0v) is 26.7. The molecule has 1 N–H and O–H groups in total. The summed E-state index contributed by atoms with van der Waals surface area (Å²) in [6.45, 7) is 2.62. The van der Waals surface area contributed by atoms with Gasteiger partial charge in [0.25, 0.3) is 10.1 Å². The van der Waals surface area contributed by atoms with Crippen molar-refractivity contribution in [3.05, 3.63) is 138 Å². The van der Waals surface area contributed by atoms with Crippen LogP contribution in [0.1, 0.15) is 41.2 Å². The van der Waals surface area contributed by atoms with Gasteiger partial charge in [0.2, 0.25) is 17.4 Å². The van der Waals surface area contributed by atoms with Gasteiger partial charge in [0.15, 0.2) is 6.10 Å². The van der Waals surface area contributed by atoms with Gasteiger partial charge in [0.05, 0.1) is 22.7 Å². The number of rotatable bonds is 9. The maximum Gasteiger partial charge on any atom is 0.345 e. The molecule has 0 radical (unpaired) electrons. The molecule has 0 saturated carbocycles. The number of esters is 1. The van der Waals surface area contributed by atoms with Gasteiger partial charge in [-0.1, -0.05) is 109 Å². The molecule has 6 rings (SSSR count). The Balaban J connectivity index is 1.44. The highest BCUT2D eigenvalue weighted by Gasteiger charge is 2.65. The minimum atomic E-state index is -4.62. The number of hydrogen-bond acceptors (Lipinski definition) is 8. The van der Waals surface area contributed by atoms with E-state index in [0.717, 1.165) is 22.9 Å². The van der Waals surface area contributed by atoms with Crippen molar-refractivity contribution < 1.29 is 31.7 Å². The maximum atomic E-state index is 14.7. The van der Waals surface area contributed by atoms with Crippen molar-refractivity contribution in [3.8, 4) is 0 Å². The highest BCUT2D eigenvalue weighted by molar-refractivity contribution is 8.00. The van der Waals surface area contributed by atoms with Gasteiger partial charge in [-0.2, -0.15) is 8.42 Å². The predicted molar refractivity (Wildman–Crippen MR) is 173 cm³/mol. The first kappa shape index (κ1) is 31.5. The molecule has 4 aromatic carbocycles. The van der Waals surface area contributed by atoms with Gasteiger partial charge in [-0.05, 0) is 35.7 Å². The quantitative estimate of drug-likeness (QED) is 0.153. The number of thioether (sulfide) groups is 1. The van der Waals surface area contributed by atoms with E-state index in [0.29, 0.717) is 11.1 Å². The minimum absolute atomic E-state index is 0.182. The van der Waals surface area contributed by atoms with Crippen LogP contribution in [-0.4, -0.2) is 54.0 Å². The van der Waals surface area contributed by atoms with E-state index in [1.54, 1.807) is 60.7 Å². The summed E-state index contributed by atoms with van der Waals surface area (Å²) in [6, 6.07) is 33.2. The first-order chi connectivity index (χ1) is 22.1. The van der Waals surface area contributed by atoms with Crippen LogP contribution in [0.25, 0.3) is 0 Å². The number of hydrogen-bond donors (Lipinski definition) is 1. The number of nitrogens with one attached hydrogen (secondary N) is 1. The molecular formula is C35H32N2O7S2. The van der Waals surface area contributed by atoms with Crippen molar-refractivity contribution in [2.75, 3.05) is 6.54 Å². The normalized spacial score (nSPS) is 22.5. The predicted octanol–water partition coefficient (Wildman–Crippen LogP) is 4.93. The topological polar surface area (TPSA) is 119 Å². The van der Waals surface area contributed by atoms with Gasteiger partial charge in [0.1, 0.15) is 5.37 Å². The van der Waals surface area contributed by atoms with Crippen LogP contribution in [0.15, 0.2) is 120 Å². The van der Waals surface area contributed by atoms with E-state index >= 15 is 0 Å². The minimum Gasteiger partial charge on any atom is -0.450 e. The maximum absolute atomic E-state index is 14.7. The summed E-state index contributed by atoms with van der Waals surface area (Å²) in [5.74, 6) is -2.39. The number of carbonyl (C=O) groups is 3. The number of ether oxygens (including phenoxy) is 1. The molecule has 0 aliphatic carbocycles. The molecule has 4 aromatic rings. The van der Waals surface area contributed by atoms with Crippen LogP contribution < -0.4 is 5.32 Å². The van der Waals surface area contributed by atoms with Crippen molar-refractivity contribution >= 4 is 39.7 Å². The van der Waals surface area contributed by atoms with Crippen molar-refractivity contribution in [1.82, 2.24) is 10.2 Å². The molecular weight excluding hydrogens is 625 g/mol. The van der Waals surface area contributed by atoms with Gasteiger partial charge in [-0.3, -0.25) is 9.59 Å². The Morgan fingerprint density at radius 3 is 1.96 bits per heavy atom. The molecule has 236 valence electrons. The monoisotopic (exact) mass is 656 g/mol. The fraction of sp³-hybridized carbons (Fsp3) is 0.229. The molecule has 2 fully saturated rings. The van der Waals surface area contributed by atoms with Crippen LogP contribution in [0.3, 0.4) is 0 Å². The second-order valence-corrected chi connectivity index (χ2v) is 14.1. The standard InChI is InChI=1S/C35H32N2O7S2/c1-23-18-20-28(21-19-23)46(41,42)44-35(34(40)43-30(26-14-8-4-9-15-26)27-16-10-5-11-17-27)22-37-31(39)29(25-12-6-3-7-13-25)32(37)45-33(35)36-24(2)38/h3-21,29-30,32-33H,22H2,1-2H3,(H,36,38)/t29?,32-,33?,35?/m1/s1. The summed E-state index contributed by atoms with van der Waals surface area (Å²) < 4.78 is 39.9. The Morgan fingerprint density at radius 2 is 1.41 bits per heavy atom. The summed E-state index contributed by atoms with van der Waals surface area (Å²) in [6.07, 6.45) is -0.942. The number of β-lactam (4-membered cyclic amide) rings is 1. The first-order valence-corrected chi connectivity index (χ1v) is 17.1. The lowest BCUT2D eigenvalue weighted by molar-refractivity contribution is -0.174. The van der Waals surface area contributed by atoms with Crippen molar-refractivity contribution in [3.63, 3.8) is 0 Å². The summed E-state index contributed by atoms with van der Waals surface area (Å²) >= 11 is 1.09. The average molecular weight is 657 g/mol. The van der Waals surface area contributed by atoms with Crippen molar-refractivity contribution in [2.45, 2.75) is 47.1 Å². The highest BCUT2D eigenvalue weighted by Crippen LogP contribution is 2.51. The lowest BCUT2D eigenvalue weighted by Gasteiger charge is -2.56. The zero-order valence-electron chi connectivity index (χ0n) is 25.1. The van der Waals surface area contributed by atoms with Crippen LogP contribution in [-0.2, 0) is 33.4 Å². The molecule has 2 aliphatic rings. The van der Waals surface area contributed by atoms with Crippen molar-refractivity contribution in [1.29, 1.82) is 0 Å². The van der Waals surface area contributed by atoms with Crippen LogP contribution in [0.4, 0.5) is 0 Å². The van der Waals surface area contributed by atoms with Crippen LogP contribution in [0.2, 0.25) is 0 Å². The molecule has 2 aliphatic heterocycles. The molecule has 11 heteroatoms. The van der Waals surface area contributed by atoms with E-state index in [1.165, 1.54) is 24.0 Å². The lowest BCUT2D eigenvalue weighted by atomic mass is 9.87. The second-order valence-electron chi connectivity index (χ2n) is 11.3. The number of aryl methyl sites for hydroxylation is 1. The summed E-state index contributed by atoms with van der Waals surface area (Å²) in [7, 11) is -4.62. The van der Waals surface area contributed by atoms with Gasteiger partial charge in [0, 0.05) is 6.92 Å². The molecule has 2 amide bonds. The SMILES string of the molecule is CC(=O)NC1S[C@@H]2C(c3ccccc3)C(=O)N2CC1(OS(=O)(=O)c1ccc(C)cc1)C(=O)OC(c1ccccc1)c1ccccc1. The number of amides is 2. The lowest BCUT2D eigenvalue weighted by Crippen LogP contribution is -2.74. The third-order valence-corrected chi connectivity index (χ3v) is 11.0. The van der Waals surface area contributed by atoms with Gasteiger partial charge >= 0.3 is 5.97 Å². The van der Waals surface area contributed by atoms with E-state index in [9.17, 15) is 22.8 Å². The Bertz CT molecular complexity index is 1800. The number of carbonyl (C=O) groups excluding carboxylic acids is 3. The molecule has 3 unspecified atom stereocenters. The van der Waals surface area contributed by atoms with E-state index in [4.69, 9.17) is 8.92 Å². The van der Waals surface area contributed by atoms with Crippen LogP contribution in [0, 0.1) is 6.92 Å². The van der Waals surface area contributed by atoms with Gasteiger partial charge in [-0.25, -0.2) is 8.98 Å². The fourth-order valence-corrected chi connectivity index (χ4v) is 8.69. The summed E-state index contributed by atoms with van der Waals surface area (Å²) in [5.41, 5.74) is 0.544. The molecule has 46 heavy (non-hydrogen) atoms. The summed E-state index contributed by atoms with van der Waals surface area (Å²) in [4.78, 5) is 42.2. The Labute approximate surface area is 272 Å². The zero-order chi connectivity index (χ0) is 32.5. The molecule has 2 heterocycles. The summed E-state index contributed by atoms with van der Waals surface area (Å²) in [5, 5.41) is 1.04. The molecule has 4 atom stereocenters. The Hall–Kier alpha value is -4.45. The highest BCUT2D eigenvalue weighted by atomic mass is 32.2. The van der Waals surface area contributed by atoms with E-state index < -0.39 is 56.9 Å².